The molecule has 1 aromatic heterocycles. The lowest BCUT2D eigenvalue weighted by Gasteiger charge is -2.35. The first-order valence-electron chi connectivity index (χ1n) is 7.48. The zero-order valence-corrected chi connectivity index (χ0v) is 12.2. The largest absolute Gasteiger partial charge is 0.478 e. The first-order valence-corrected chi connectivity index (χ1v) is 7.48. The number of aromatic nitrogens is 2. The smallest absolute Gasteiger partial charge is 0.339 e. The Morgan fingerprint density at radius 2 is 2.19 bits per heavy atom. The Morgan fingerprint density at radius 1 is 1.48 bits per heavy atom. The summed E-state index contributed by atoms with van der Waals surface area (Å²) >= 11 is 0. The third kappa shape index (κ3) is 2.78. The van der Waals surface area contributed by atoms with Crippen molar-refractivity contribution in [2.45, 2.75) is 44.1 Å². The highest BCUT2D eigenvalue weighted by molar-refractivity contribution is 5.88. The molecule has 6 nitrogen and oxygen atoms in total. The van der Waals surface area contributed by atoms with Gasteiger partial charge in [-0.05, 0) is 19.8 Å². The molecule has 6 heteroatoms. The molecule has 1 saturated heterocycles. The highest BCUT2D eigenvalue weighted by Crippen LogP contribution is 2.42. The number of nitrogens with zero attached hydrogens (tertiary/aromatic N) is 2. The van der Waals surface area contributed by atoms with Crippen molar-refractivity contribution in [3.05, 3.63) is 23.3 Å². The molecule has 114 valence electrons. The van der Waals surface area contributed by atoms with Gasteiger partial charge in [0, 0.05) is 44.8 Å². The van der Waals surface area contributed by atoms with Crippen LogP contribution in [0.2, 0.25) is 0 Å². The lowest BCUT2D eigenvalue weighted by atomic mass is 9.92. The third-order valence-corrected chi connectivity index (χ3v) is 4.14. The van der Waals surface area contributed by atoms with Crippen molar-refractivity contribution >= 4 is 5.97 Å². The number of carbonyl (C=O) groups is 1. The van der Waals surface area contributed by atoms with E-state index in [9.17, 15) is 9.90 Å². The molecule has 0 bridgehead atoms. The van der Waals surface area contributed by atoms with Crippen LogP contribution < -0.4 is 0 Å². The fourth-order valence-corrected chi connectivity index (χ4v) is 2.86. The fourth-order valence-electron chi connectivity index (χ4n) is 2.86. The van der Waals surface area contributed by atoms with E-state index < -0.39 is 11.6 Å². The van der Waals surface area contributed by atoms with Crippen LogP contribution >= 0.6 is 0 Å². The molecular formula is C15H20N2O4. The van der Waals surface area contributed by atoms with Crippen molar-refractivity contribution in [1.82, 2.24) is 9.97 Å². The van der Waals surface area contributed by atoms with Gasteiger partial charge < -0.3 is 14.6 Å². The van der Waals surface area contributed by atoms with Crippen molar-refractivity contribution in [2.24, 2.45) is 0 Å². The Morgan fingerprint density at radius 3 is 2.76 bits per heavy atom. The molecule has 0 amide bonds. The van der Waals surface area contributed by atoms with Crippen LogP contribution in [0, 0.1) is 0 Å². The zero-order chi connectivity index (χ0) is 14.9. The van der Waals surface area contributed by atoms with E-state index in [4.69, 9.17) is 9.47 Å². The molecule has 1 aliphatic heterocycles. The Hall–Kier alpha value is -1.53. The van der Waals surface area contributed by atoms with E-state index in [-0.39, 0.29) is 11.5 Å². The van der Waals surface area contributed by atoms with Gasteiger partial charge in [0.05, 0.1) is 11.3 Å². The van der Waals surface area contributed by atoms with Crippen LogP contribution in [0.1, 0.15) is 60.4 Å². The van der Waals surface area contributed by atoms with Crippen LogP contribution in [-0.4, -0.2) is 40.9 Å². The second-order valence-electron chi connectivity index (χ2n) is 5.61. The van der Waals surface area contributed by atoms with Crippen molar-refractivity contribution < 1.29 is 19.4 Å². The van der Waals surface area contributed by atoms with Gasteiger partial charge in [0.1, 0.15) is 5.60 Å². The van der Waals surface area contributed by atoms with Crippen LogP contribution in [0.5, 0.6) is 0 Å². The van der Waals surface area contributed by atoms with Crippen molar-refractivity contribution in [3.63, 3.8) is 0 Å². The lowest BCUT2D eigenvalue weighted by Crippen LogP contribution is -2.38. The van der Waals surface area contributed by atoms with Crippen LogP contribution in [0.4, 0.5) is 0 Å². The Kier molecular flexibility index (Phi) is 3.91. The maximum Gasteiger partial charge on any atom is 0.339 e. The number of hydrogen-bond acceptors (Lipinski definition) is 5. The van der Waals surface area contributed by atoms with Gasteiger partial charge in [-0.25, -0.2) is 14.8 Å². The van der Waals surface area contributed by atoms with Gasteiger partial charge in [0.2, 0.25) is 0 Å². The van der Waals surface area contributed by atoms with Gasteiger partial charge >= 0.3 is 5.97 Å². The predicted molar refractivity (Wildman–Crippen MR) is 74.3 cm³/mol. The van der Waals surface area contributed by atoms with Crippen LogP contribution in [0.15, 0.2) is 6.20 Å². The molecule has 0 atom stereocenters. The summed E-state index contributed by atoms with van der Waals surface area (Å²) < 4.78 is 11.4. The number of rotatable bonds is 5. The van der Waals surface area contributed by atoms with Crippen molar-refractivity contribution in [1.29, 1.82) is 0 Å². The first kappa shape index (κ1) is 14.4. The molecule has 2 fully saturated rings. The lowest BCUT2D eigenvalue weighted by molar-refractivity contribution is -0.118. The van der Waals surface area contributed by atoms with Gasteiger partial charge in [0.15, 0.2) is 5.82 Å². The molecule has 2 heterocycles. The molecule has 1 aliphatic carbocycles. The molecule has 3 rings (SSSR count). The quantitative estimate of drug-likeness (QED) is 0.895. The summed E-state index contributed by atoms with van der Waals surface area (Å²) in [6.07, 6.45) is 4.85. The maximum atomic E-state index is 11.3. The molecular weight excluding hydrogens is 272 g/mol. The predicted octanol–water partition coefficient (Wildman–Crippen LogP) is 2.09. The summed E-state index contributed by atoms with van der Waals surface area (Å²) in [5.74, 6) is -0.0863. The number of carboxylic acid groups (broad SMARTS) is 1. The van der Waals surface area contributed by atoms with Crippen LogP contribution in [0.3, 0.4) is 0 Å². The normalized spacial score (nSPS) is 21.2. The molecule has 21 heavy (non-hydrogen) atoms. The number of aromatic carboxylic acids is 1. The van der Waals surface area contributed by atoms with Gasteiger partial charge in [-0.2, -0.15) is 0 Å². The summed E-state index contributed by atoms with van der Waals surface area (Å²) in [6.45, 7) is 3.75. The molecule has 2 aliphatic rings. The fraction of sp³-hybridized carbons (Fsp3) is 0.667. The first-order chi connectivity index (χ1) is 10.2. The van der Waals surface area contributed by atoms with E-state index in [1.54, 1.807) is 0 Å². The molecule has 0 aromatic carbocycles. The van der Waals surface area contributed by atoms with E-state index in [1.165, 1.54) is 6.20 Å². The Labute approximate surface area is 123 Å². The number of hydrogen-bond donors (Lipinski definition) is 1. The van der Waals surface area contributed by atoms with E-state index in [0.717, 1.165) is 12.8 Å². The molecule has 1 saturated carbocycles. The van der Waals surface area contributed by atoms with Gasteiger partial charge in [-0.1, -0.05) is 0 Å². The Balaban J connectivity index is 2.00. The summed E-state index contributed by atoms with van der Waals surface area (Å²) in [6, 6.07) is 0. The molecule has 1 N–H and O–H groups in total. The summed E-state index contributed by atoms with van der Waals surface area (Å²) in [5, 5.41) is 9.28. The van der Waals surface area contributed by atoms with Gasteiger partial charge in [0.25, 0.3) is 0 Å². The summed E-state index contributed by atoms with van der Waals surface area (Å²) in [7, 11) is 0. The zero-order valence-electron chi connectivity index (χ0n) is 12.2. The van der Waals surface area contributed by atoms with E-state index >= 15 is 0 Å². The second kappa shape index (κ2) is 5.69. The molecule has 0 spiro atoms. The van der Waals surface area contributed by atoms with Crippen LogP contribution in [-0.2, 0) is 15.1 Å². The highest BCUT2D eigenvalue weighted by atomic mass is 16.5. The van der Waals surface area contributed by atoms with Gasteiger partial charge in [-0.3, -0.25) is 0 Å². The number of carboxylic acids is 1. The minimum absolute atomic E-state index is 0.222. The molecule has 0 unspecified atom stereocenters. The highest BCUT2D eigenvalue weighted by Gasteiger charge is 2.40. The third-order valence-electron chi connectivity index (χ3n) is 4.14. The maximum absolute atomic E-state index is 11.3. The molecule has 0 radical (unpaired) electrons. The second-order valence-corrected chi connectivity index (χ2v) is 5.61. The summed E-state index contributed by atoms with van der Waals surface area (Å²) in [4.78, 5) is 20.2. The molecule has 1 aromatic rings. The Bertz CT molecular complexity index is 531. The standard InChI is InChI=1S/C15H20N2O4/c1-2-21-15(5-7-20-8-6-15)14-16-9-11(13(18)19)12(17-14)10-3-4-10/h9-10H,2-8H2,1H3,(H,18,19). The van der Waals surface area contributed by atoms with Crippen molar-refractivity contribution in [2.75, 3.05) is 19.8 Å². The minimum atomic E-state index is -0.958. The average Bonchev–Trinajstić information content (AvgIpc) is 3.32. The summed E-state index contributed by atoms with van der Waals surface area (Å²) in [5.41, 5.74) is 0.353. The van der Waals surface area contributed by atoms with Gasteiger partial charge in [-0.15, -0.1) is 0 Å². The SMILES string of the molecule is CCOC1(c2ncc(C(=O)O)c(C3CC3)n2)CCOCC1. The van der Waals surface area contributed by atoms with E-state index in [0.29, 0.717) is 44.2 Å². The van der Waals surface area contributed by atoms with Crippen LogP contribution in [0.25, 0.3) is 0 Å². The average molecular weight is 292 g/mol. The number of ether oxygens (including phenoxy) is 2. The topological polar surface area (TPSA) is 81.5 Å². The van der Waals surface area contributed by atoms with E-state index in [1.807, 2.05) is 6.92 Å². The van der Waals surface area contributed by atoms with Crippen molar-refractivity contribution in [3.8, 4) is 0 Å². The van der Waals surface area contributed by atoms with E-state index in [2.05, 4.69) is 9.97 Å². The minimum Gasteiger partial charge on any atom is -0.478 e. The monoisotopic (exact) mass is 292 g/mol.